The summed E-state index contributed by atoms with van der Waals surface area (Å²) in [7, 11) is 0. The standard InChI is InChI=1S/C24H27NO/c1-15(2)21-12-20(13-22(16(3)4)23(21)14-24(25)26)19-10-9-17-7-5-6-8-18(17)11-19/h5-13,15-16H,14H2,1-4H3,(H2,25,26). The molecule has 0 bridgehead atoms. The molecule has 2 nitrogen and oxygen atoms in total. The van der Waals surface area contributed by atoms with Gasteiger partial charge in [0.15, 0.2) is 0 Å². The number of benzene rings is 3. The van der Waals surface area contributed by atoms with E-state index in [9.17, 15) is 4.79 Å². The molecule has 0 aliphatic rings. The van der Waals surface area contributed by atoms with Gasteiger partial charge in [-0.25, -0.2) is 0 Å². The van der Waals surface area contributed by atoms with Gasteiger partial charge < -0.3 is 5.73 Å². The number of hydrogen-bond acceptors (Lipinski definition) is 1. The second-order valence-electron chi connectivity index (χ2n) is 7.65. The zero-order chi connectivity index (χ0) is 18.8. The van der Waals surface area contributed by atoms with Crippen LogP contribution in [-0.4, -0.2) is 5.91 Å². The Kier molecular flexibility index (Phi) is 5.13. The summed E-state index contributed by atoms with van der Waals surface area (Å²) >= 11 is 0. The third-order valence-electron chi connectivity index (χ3n) is 5.00. The zero-order valence-corrected chi connectivity index (χ0v) is 16.0. The highest BCUT2D eigenvalue weighted by Gasteiger charge is 2.18. The van der Waals surface area contributed by atoms with Crippen LogP contribution in [0.2, 0.25) is 0 Å². The van der Waals surface area contributed by atoms with Crippen LogP contribution in [0.1, 0.15) is 56.2 Å². The van der Waals surface area contributed by atoms with E-state index < -0.39 is 0 Å². The molecule has 0 saturated heterocycles. The third kappa shape index (κ3) is 3.65. The molecule has 3 aromatic carbocycles. The number of nitrogens with two attached hydrogens (primary N) is 1. The topological polar surface area (TPSA) is 43.1 Å². The Labute approximate surface area is 156 Å². The number of primary amides is 1. The highest BCUT2D eigenvalue weighted by atomic mass is 16.1. The average molecular weight is 345 g/mol. The maximum absolute atomic E-state index is 11.6. The molecule has 0 atom stereocenters. The van der Waals surface area contributed by atoms with Crippen molar-refractivity contribution in [2.24, 2.45) is 5.73 Å². The van der Waals surface area contributed by atoms with Gasteiger partial charge in [-0.05, 0) is 56.5 Å². The van der Waals surface area contributed by atoms with E-state index in [0.717, 1.165) is 5.56 Å². The van der Waals surface area contributed by atoms with Crippen molar-refractivity contribution < 1.29 is 4.79 Å². The second-order valence-corrected chi connectivity index (χ2v) is 7.65. The van der Waals surface area contributed by atoms with Gasteiger partial charge in [-0.1, -0.05) is 76.2 Å². The monoisotopic (exact) mass is 345 g/mol. The molecular formula is C24H27NO. The molecule has 0 fully saturated rings. The Morgan fingerprint density at radius 3 is 1.92 bits per heavy atom. The quantitative estimate of drug-likeness (QED) is 0.625. The van der Waals surface area contributed by atoms with Gasteiger partial charge in [0.1, 0.15) is 0 Å². The summed E-state index contributed by atoms with van der Waals surface area (Å²) in [5, 5.41) is 2.48. The van der Waals surface area contributed by atoms with Crippen LogP contribution in [0.3, 0.4) is 0 Å². The Bertz CT molecular complexity index is 924. The number of carbonyl (C=O) groups is 1. The van der Waals surface area contributed by atoms with Crippen molar-refractivity contribution in [1.82, 2.24) is 0 Å². The lowest BCUT2D eigenvalue weighted by molar-refractivity contribution is -0.117. The number of fused-ring (bicyclic) bond motifs is 1. The molecule has 134 valence electrons. The van der Waals surface area contributed by atoms with Crippen LogP contribution >= 0.6 is 0 Å². The van der Waals surface area contributed by atoms with Crippen LogP contribution < -0.4 is 5.73 Å². The van der Waals surface area contributed by atoms with Gasteiger partial charge >= 0.3 is 0 Å². The Hall–Kier alpha value is -2.61. The van der Waals surface area contributed by atoms with Crippen molar-refractivity contribution >= 4 is 16.7 Å². The van der Waals surface area contributed by atoms with E-state index >= 15 is 0 Å². The fourth-order valence-corrected chi connectivity index (χ4v) is 3.66. The van der Waals surface area contributed by atoms with E-state index in [2.05, 4.69) is 82.3 Å². The summed E-state index contributed by atoms with van der Waals surface area (Å²) < 4.78 is 0. The van der Waals surface area contributed by atoms with Gasteiger partial charge in [-0.2, -0.15) is 0 Å². The van der Waals surface area contributed by atoms with Gasteiger partial charge in [-0.15, -0.1) is 0 Å². The highest BCUT2D eigenvalue weighted by Crippen LogP contribution is 2.34. The maximum atomic E-state index is 11.6. The van der Waals surface area contributed by atoms with Gasteiger partial charge in [0, 0.05) is 0 Å². The van der Waals surface area contributed by atoms with Crippen molar-refractivity contribution in [3.63, 3.8) is 0 Å². The Balaban J connectivity index is 2.21. The average Bonchev–Trinajstić information content (AvgIpc) is 2.60. The molecule has 2 heteroatoms. The van der Waals surface area contributed by atoms with Gasteiger partial charge in [0.05, 0.1) is 6.42 Å². The first kappa shape index (κ1) is 18.2. The van der Waals surface area contributed by atoms with Gasteiger partial charge in [0.25, 0.3) is 0 Å². The van der Waals surface area contributed by atoms with Crippen LogP contribution in [0.25, 0.3) is 21.9 Å². The SMILES string of the molecule is CC(C)c1cc(-c2ccc3ccccc3c2)cc(C(C)C)c1CC(N)=O. The summed E-state index contributed by atoms with van der Waals surface area (Å²) in [5.74, 6) is 0.400. The lowest BCUT2D eigenvalue weighted by atomic mass is 9.83. The fourth-order valence-electron chi connectivity index (χ4n) is 3.66. The van der Waals surface area contributed by atoms with Gasteiger partial charge in [0.2, 0.25) is 5.91 Å². The molecule has 3 aromatic rings. The van der Waals surface area contributed by atoms with E-state index in [-0.39, 0.29) is 5.91 Å². The van der Waals surface area contributed by atoms with Crippen molar-refractivity contribution in [2.75, 3.05) is 0 Å². The van der Waals surface area contributed by atoms with Gasteiger partial charge in [-0.3, -0.25) is 4.79 Å². The fraction of sp³-hybridized carbons (Fsp3) is 0.292. The number of rotatable bonds is 5. The minimum atomic E-state index is -0.271. The molecule has 0 aliphatic heterocycles. The largest absolute Gasteiger partial charge is 0.369 e. The molecule has 3 rings (SSSR count). The minimum Gasteiger partial charge on any atom is -0.369 e. The first-order chi connectivity index (χ1) is 12.4. The van der Waals surface area contributed by atoms with Crippen molar-refractivity contribution in [2.45, 2.75) is 46.0 Å². The van der Waals surface area contributed by atoms with E-state index in [4.69, 9.17) is 5.73 Å². The lowest BCUT2D eigenvalue weighted by Crippen LogP contribution is -2.17. The van der Waals surface area contributed by atoms with Crippen LogP contribution in [0, 0.1) is 0 Å². The van der Waals surface area contributed by atoms with E-state index in [1.54, 1.807) is 0 Å². The Morgan fingerprint density at radius 1 is 0.808 bits per heavy atom. The number of carbonyl (C=O) groups excluding carboxylic acids is 1. The molecule has 26 heavy (non-hydrogen) atoms. The lowest BCUT2D eigenvalue weighted by Gasteiger charge is -2.21. The van der Waals surface area contributed by atoms with Crippen LogP contribution in [-0.2, 0) is 11.2 Å². The van der Waals surface area contributed by atoms with Crippen molar-refractivity contribution in [1.29, 1.82) is 0 Å². The second kappa shape index (κ2) is 7.33. The van der Waals surface area contributed by atoms with E-state index in [0.29, 0.717) is 18.3 Å². The number of hydrogen-bond donors (Lipinski definition) is 1. The normalized spacial score (nSPS) is 11.5. The van der Waals surface area contributed by atoms with E-state index in [1.807, 2.05) is 0 Å². The molecular weight excluding hydrogens is 318 g/mol. The summed E-state index contributed by atoms with van der Waals surface area (Å²) in [6, 6.07) is 19.5. The summed E-state index contributed by atoms with van der Waals surface area (Å²) in [6.45, 7) is 8.70. The first-order valence-electron chi connectivity index (χ1n) is 9.31. The highest BCUT2D eigenvalue weighted by molar-refractivity contribution is 5.87. The van der Waals surface area contributed by atoms with Crippen molar-refractivity contribution in [3.8, 4) is 11.1 Å². The molecule has 0 aromatic heterocycles. The Morgan fingerprint density at radius 2 is 1.38 bits per heavy atom. The predicted octanol–water partition coefficient (Wildman–Crippen LogP) is 5.78. The summed E-state index contributed by atoms with van der Waals surface area (Å²) in [4.78, 5) is 11.6. The number of amides is 1. The molecule has 1 amide bonds. The summed E-state index contributed by atoms with van der Waals surface area (Å²) in [6.07, 6.45) is 0.305. The van der Waals surface area contributed by atoms with Crippen molar-refractivity contribution in [3.05, 3.63) is 71.3 Å². The first-order valence-corrected chi connectivity index (χ1v) is 9.31. The minimum absolute atomic E-state index is 0.271. The predicted molar refractivity (Wildman–Crippen MR) is 110 cm³/mol. The molecule has 2 N–H and O–H groups in total. The van der Waals surface area contributed by atoms with E-state index in [1.165, 1.54) is 33.0 Å². The molecule has 0 spiro atoms. The maximum Gasteiger partial charge on any atom is 0.221 e. The zero-order valence-electron chi connectivity index (χ0n) is 16.0. The molecule has 0 aliphatic carbocycles. The molecule has 0 unspecified atom stereocenters. The third-order valence-corrected chi connectivity index (χ3v) is 5.00. The molecule has 0 saturated carbocycles. The smallest absolute Gasteiger partial charge is 0.221 e. The van der Waals surface area contributed by atoms with Crippen LogP contribution in [0.15, 0.2) is 54.6 Å². The summed E-state index contributed by atoms with van der Waals surface area (Å²) in [5.41, 5.74) is 11.5. The van der Waals surface area contributed by atoms with Crippen LogP contribution in [0.4, 0.5) is 0 Å². The molecule has 0 radical (unpaired) electrons. The molecule has 0 heterocycles. The van der Waals surface area contributed by atoms with Crippen LogP contribution in [0.5, 0.6) is 0 Å².